The van der Waals surface area contributed by atoms with Gasteiger partial charge in [-0.05, 0) is 54.2 Å². The van der Waals surface area contributed by atoms with Crippen molar-refractivity contribution >= 4 is 23.6 Å². The van der Waals surface area contributed by atoms with Crippen molar-refractivity contribution in [3.63, 3.8) is 0 Å². The van der Waals surface area contributed by atoms with Crippen LogP contribution in [-0.4, -0.2) is 30.3 Å². The Bertz CT molecular complexity index is 836. The van der Waals surface area contributed by atoms with E-state index in [1.807, 2.05) is 44.2 Å². The molecule has 2 amide bonds. The molecule has 0 aromatic heterocycles. The molecule has 27 heavy (non-hydrogen) atoms. The van der Waals surface area contributed by atoms with Gasteiger partial charge in [0.25, 0.3) is 0 Å². The number of benzene rings is 2. The summed E-state index contributed by atoms with van der Waals surface area (Å²) in [7, 11) is 1.62. The van der Waals surface area contributed by atoms with Crippen molar-refractivity contribution in [3.8, 4) is 0 Å². The maximum absolute atomic E-state index is 12.3. The van der Waals surface area contributed by atoms with Crippen LogP contribution in [0, 0.1) is 13.8 Å². The average Bonchev–Trinajstić information content (AvgIpc) is 2.62. The zero-order chi connectivity index (χ0) is 20.0. The van der Waals surface area contributed by atoms with E-state index in [-0.39, 0.29) is 18.4 Å². The fourth-order valence-electron chi connectivity index (χ4n) is 2.64. The zero-order valence-electron chi connectivity index (χ0n) is 16.7. The number of hydrogen-bond acceptors (Lipinski definition) is 2. The van der Waals surface area contributed by atoms with E-state index in [1.54, 1.807) is 13.1 Å². The van der Waals surface area contributed by atoms with Gasteiger partial charge in [-0.3, -0.25) is 9.59 Å². The van der Waals surface area contributed by atoms with Gasteiger partial charge in [-0.15, -0.1) is 0 Å². The minimum absolute atomic E-state index is 0.00282. The van der Waals surface area contributed by atoms with E-state index in [4.69, 9.17) is 0 Å². The van der Waals surface area contributed by atoms with E-state index >= 15 is 0 Å². The fourth-order valence-corrected chi connectivity index (χ4v) is 2.64. The van der Waals surface area contributed by atoms with E-state index in [9.17, 15) is 9.59 Å². The van der Waals surface area contributed by atoms with Gasteiger partial charge in [0.1, 0.15) is 0 Å². The average molecular weight is 364 g/mol. The molecule has 1 N–H and O–H groups in total. The standard InChI is InChI=1S/C23H28N2O2/c1-16(2)20-11-8-19(9-12-20)10-13-23(27)25(5)15-22(26)24-21-14-17(3)6-7-18(21)4/h6-14,16H,15H2,1-5H3,(H,24,26)/b13-10+. The van der Waals surface area contributed by atoms with Crippen LogP contribution in [0.2, 0.25) is 0 Å². The van der Waals surface area contributed by atoms with Crippen molar-refractivity contribution in [2.75, 3.05) is 18.9 Å². The lowest BCUT2D eigenvalue weighted by Gasteiger charge is -2.16. The summed E-state index contributed by atoms with van der Waals surface area (Å²) in [5.74, 6) is 0.0552. The quantitative estimate of drug-likeness (QED) is 0.765. The maximum atomic E-state index is 12.3. The molecule has 4 nitrogen and oxygen atoms in total. The fraction of sp³-hybridized carbons (Fsp3) is 0.304. The third-order valence-electron chi connectivity index (χ3n) is 4.45. The molecule has 2 aromatic rings. The molecule has 0 unspecified atom stereocenters. The lowest BCUT2D eigenvalue weighted by molar-refractivity contribution is -0.129. The summed E-state index contributed by atoms with van der Waals surface area (Å²) in [6.45, 7) is 8.21. The van der Waals surface area contributed by atoms with Crippen LogP contribution in [0.25, 0.3) is 6.08 Å². The smallest absolute Gasteiger partial charge is 0.246 e. The Morgan fingerprint density at radius 1 is 1.07 bits per heavy atom. The van der Waals surface area contributed by atoms with Gasteiger partial charge in [0.05, 0.1) is 6.54 Å². The Balaban J connectivity index is 1.92. The van der Waals surface area contributed by atoms with Crippen LogP contribution in [0.4, 0.5) is 5.69 Å². The number of likely N-dealkylation sites (N-methyl/N-ethyl adjacent to an activating group) is 1. The van der Waals surface area contributed by atoms with Crippen molar-refractivity contribution in [1.82, 2.24) is 4.90 Å². The molecule has 0 aliphatic rings. The first-order chi connectivity index (χ1) is 12.8. The number of nitrogens with one attached hydrogen (secondary N) is 1. The van der Waals surface area contributed by atoms with Crippen LogP contribution in [0.5, 0.6) is 0 Å². The summed E-state index contributed by atoms with van der Waals surface area (Å²) >= 11 is 0. The Morgan fingerprint density at radius 2 is 1.74 bits per heavy atom. The molecule has 0 radical (unpaired) electrons. The topological polar surface area (TPSA) is 49.4 Å². The third-order valence-corrected chi connectivity index (χ3v) is 4.45. The maximum Gasteiger partial charge on any atom is 0.246 e. The van der Waals surface area contributed by atoms with Gasteiger partial charge < -0.3 is 10.2 Å². The summed E-state index contributed by atoms with van der Waals surface area (Å²) in [5.41, 5.74) is 5.07. The van der Waals surface area contributed by atoms with E-state index < -0.39 is 0 Å². The summed E-state index contributed by atoms with van der Waals surface area (Å²) in [6.07, 6.45) is 3.27. The normalized spacial score (nSPS) is 11.0. The molecule has 4 heteroatoms. The highest BCUT2D eigenvalue weighted by Crippen LogP contribution is 2.17. The minimum Gasteiger partial charge on any atom is -0.333 e. The van der Waals surface area contributed by atoms with Crippen LogP contribution in [0.1, 0.15) is 42.0 Å². The molecule has 0 atom stereocenters. The molecule has 0 saturated heterocycles. The molecule has 142 valence electrons. The van der Waals surface area contributed by atoms with Crippen LogP contribution < -0.4 is 5.32 Å². The summed E-state index contributed by atoms with van der Waals surface area (Å²) in [6, 6.07) is 14.0. The second-order valence-corrected chi connectivity index (χ2v) is 7.22. The van der Waals surface area contributed by atoms with Gasteiger partial charge in [0.15, 0.2) is 0 Å². The summed E-state index contributed by atoms with van der Waals surface area (Å²) in [5, 5.41) is 2.87. The number of aryl methyl sites for hydroxylation is 2. The summed E-state index contributed by atoms with van der Waals surface area (Å²) < 4.78 is 0. The molecule has 0 saturated carbocycles. The van der Waals surface area contributed by atoms with E-state index in [0.29, 0.717) is 5.92 Å². The van der Waals surface area contributed by atoms with Gasteiger partial charge in [-0.1, -0.05) is 50.2 Å². The van der Waals surface area contributed by atoms with Gasteiger partial charge >= 0.3 is 0 Å². The van der Waals surface area contributed by atoms with Crippen LogP contribution in [0.15, 0.2) is 48.5 Å². The van der Waals surface area contributed by atoms with Crippen LogP contribution in [-0.2, 0) is 9.59 Å². The SMILES string of the molecule is Cc1ccc(C)c(NC(=O)CN(C)C(=O)/C=C/c2ccc(C(C)C)cc2)c1. The van der Waals surface area contributed by atoms with Crippen molar-refractivity contribution in [1.29, 1.82) is 0 Å². The molecule has 0 aliphatic heterocycles. The first-order valence-electron chi connectivity index (χ1n) is 9.16. The van der Waals surface area contributed by atoms with Gasteiger partial charge in [-0.2, -0.15) is 0 Å². The van der Waals surface area contributed by atoms with E-state index in [0.717, 1.165) is 22.4 Å². The molecule has 2 aromatic carbocycles. The summed E-state index contributed by atoms with van der Waals surface area (Å²) in [4.78, 5) is 25.9. The Kier molecular flexibility index (Phi) is 6.94. The van der Waals surface area contributed by atoms with Crippen molar-refractivity contribution in [2.24, 2.45) is 0 Å². The number of amides is 2. The van der Waals surface area contributed by atoms with Crippen molar-refractivity contribution in [2.45, 2.75) is 33.6 Å². The molecule has 0 spiro atoms. The minimum atomic E-state index is -0.214. The zero-order valence-corrected chi connectivity index (χ0v) is 16.7. The highest BCUT2D eigenvalue weighted by atomic mass is 16.2. The predicted molar refractivity (Wildman–Crippen MR) is 112 cm³/mol. The third kappa shape index (κ3) is 6.10. The molecular formula is C23H28N2O2. The first-order valence-corrected chi connectivity index (χ1v) is 9.16. The van der Waals surface area contributed by atoms with Crippen LogP contribution in [0.3, 0.4) is 0 Å². The predicted octanol–water partition coefficient (Wildman–Crippen LogP) is 4.54. The van der Waals surface area contributed by atoms with Crippen molar-refractivity contribution < 1.29 is 9.59 Å². The van der Waals surface area contributed by atoms with E-state index in [1.165, 1.54) is 16.5 Å². The first kappa shape index (κ1) is 20.4. The van der Waals surface area contributed by atoms with Gasteiger partial charge in [-0.25, -0.2) is 0 Å². The lowest BCUT2D eigenvalue weighted by atomic mass is 10.0. The van der Waals surface area contributed by atoms with Crippen molar-refractivity contribution in [3.05, 3.63) is 70.8 Å². The molecule has 2 rings (SSSR count). The van der Waals surface area contributed by atoms with E-state index in [2.05, 4.69) is 31.3 Å². The second kappa shape index (κ2) is 9.17. The highest BCUT2D eigenvalue weighted by molar-refractivity contribution is 5.98. The van der Waals surface area contributed by atoms with Crippen LogP contribution >= 0.6 is 0 Å². The second-order valence-electron chi connectivity index (χ2n) is 7.22. The number of rotatable bonds is 6. The molecule has 0 bridgehead atoms. The Hall–Kier alpha value is -2.88. The number of carbonyl (C=O) groups excluding carboxylic acids is 2. The number of nitrogens with zero attached hydrogens (tertiary/aromatic N) is 1. The molecule has 0 fully saturated rings. The number of hydrogen-bond donors (Lipinski definition) is 1. The molecular weight excluding hydrogens is 336 g/mol. The number of carbonyl (C=O) groups is 2. The number of anilines is 1. The Labute approximate surface area is 161 Å². The Morgan fingerprint density at radius 3 is 2.37 bits per heavy atom. The lowest BCUT2D eigenvalue weighted by Crippen LogP contribution is -2.34. The molecule has 0 heterocycles. The largest absolute Gasteiger partial charge is 0.333 e. The monoisotopic (exact) mass is 364 g/mol. The van der Waals surface area contributed by atoms with Gasteiger partial charge in [0, 0.05) is 18.8 Å². The highest BCUT2D eigenvalue weighted by Gasteiger charge is 2.11. The van der Waals surface area contributed by atoms with Gasteiger partial charge in [0.2, 0.25) is 11.8 Å². The molecule has 0 aliphatic carbocycles.